The molecule has 1 saturated heterocycles. The van der Waals surface area contributed by atoms with Crippen LogP contribution in [0.25, 0.3) is 0 Å². The first-order valence-corrected chi connectivity index (χ1v) is 7.97. The lowest BCUT2D eigenvalue weighted by Crippen LogP contribution is -2.51. The molecule has 2 rings (SSSR count). The zero-order chi connectivity index (χ0) is 14.5. The van der Waals surface area contributed by atoms with Gasteiger partial charge < -0.3 is 15.0 Å². The van der Waals surface area contributed by atoms with Crippen LogP contribution in [0.2, 0.25) is 0 Å². The maximum Gasteiger partial charge on any atom is 0.285 e. The maximum atomic E-state index is 12.6. The number of amides is 1. The predicted molar refractivity (Wildman–Crippen MR) is 79.2 cm³/mol. The Morgan fingerprint density at radius 1 is 1.50 bits per heavy atom. The van der Waals surface area contributed by atoms with Crippen molar-refractivity contribution in [3.05, 3.63) is 5.01 Å². The number of carbonyl (C=O) groups excluding carboxylic acids is 1. The molecule has 2 unspecified atom stereocenters. The second-order valence-electron chi connectivity index (χ2n) is 5.00. The van der Waals surface area contributed by atoms with Crippen LogP contribution in [-0.2, 0) is 4.74 Å². The molecule has 1 aromatic rings. The number of nitrogens with one attached hydrogen (secondary N) is 1. The largest absolute Gasteiger partial charge is 0.375 e. The van der Waals surface area contributed by atoms with Gasteiger partial charge in [-0.1, -0.05) is 25.2 Å². The van der Waals surface area contributed by atoms with Crippen molar-refractivity contribution in [2.45, 2.75) is 45.8 Å². The molecule has 0 bridgehead atoms. The molecule has 1 aliphatic heterocycles. The highest BCUT2D eigenvalue weighted by atomic mass is 32.1. The third-order valence-corrected chi connectivity index (χ3v) is 4.20. The van der Waals surface area contributed by atoms with Gasteiger partial charge in [0.2, 0.25) is 10.1 Å². The maximum absolute atomic E-state index is 12.6. The van der Waals surface area contributed by atoms with Crippen LogP contribution in [0.15, 0.2) is 0 Å². The number of rotatable bonds is 5. The Morgan fingerprint density at radius 3 is 3.00 bits per heavy atom. The molecule has 112 valence electrons. The summed E-state index contributed by atoms with van der Waals surface area (Å²) in [4.78, 5) is 14.4. The zero-order valence-corrected chi connectivity index (χ0v) is 13.1. The van der Waals surface area contributed by atoms with Crippen LogP contribution in [0.3, 0.4) is 0 Å². The number of anilines is 1. The van der Waals surface area contributed by atoms with E-state index < -0.39 is 0 Å². The molecule has 0 saturated carbocycles. The van der Waals surface area contributed by atoms with E-state index in [0.29, 0.717) is 23.3 Å². The molecule has 1 N–H and O–H groups in total. The van der Waals surface area contributed by atoms with Gasteiger partial charge in [0.15, 0.2) is 0 Å². The molecule has 0 radical (unpaired) electrons. The molecule has 2 heterocycles. The topological polar surface area (TPSA) is 67.4 Å². The van der Waals surface area contributed by atoms with Crippen molar-refractivity contribution in [3.63, 3.8) is 0 Å². The fourth-order valence-electron chi connectivity index (χ4n) is 2.17. The highest BCUT2D eigenvalue weighted by Crippen LogP contribution is 2.21. The lowest BCUT2D eigenvalue weighted by molar-refractivity contribution is -0.0444. The number of nitrogens with zero attached hydrogens (tertiary/aromatic N) is 3. The number of hydrogen-bond acceptors (Lipinski definition) is 6. The van der Waals surface area contributed by atoms with Gasteiger partial charge in [-0.3, -0.25) is 4.79 Å². The standard InChI is InChI=1S/C13H22N4O2S/c1-4-6-14-13-16-15-11(20-13)12(18)17-7-9(3)19-8-10(17)5-2/h9-10H,4-8H2,1-3H3,(H,14,16). The molecule has 0 spiro atoms. The highest BCUT2D eigenvalue weighted by molar-refractivity contribution is 7.17. The number of ether oxygens (including phenoxy) is 1. The number of carbonyl (C=O) groups is 1. The lowest BCUT2D eigenvalue weighted by Gasteiger charge is -2.37. The minimum absolute atomic E-state index is 0.0333. The summed E-state index contributed by atoms with van der Waals surface area (Å²) in [6.07, 6.45) is 1.98. The van der Waals surface area contributed by atoms with E-state index in [9.17, 15) is 4.79 Å². The van der Waals surface area contributed by atoms with Crippen molar-refractivity contribution in [2.24, 2.45) is 0 Å². The second kappa shape index (κ2) is 6.99. The van der Waals surface area contributed by atoms with Crippen molar-refractivity contribution < 1.29 is 9.53 Å². The van der Waals surface area contributed by atoms with Crippen molar-refractivity contribution in [2.75, 3.05) is 25.0 Å². The molecule has 7 heteroatoms. The van der Waals surface area contributed by atoms with Gasteiger partial charge in [-0.15, -0.1) is 10.2 Å². The van der Waals surface area contributed by atoms with E-state index in [1.165, 1.54) is 11.3 Å². The first-order valence-electron chi connectivity index (χ1n) is 7.15. The van der Waals surface area contributed by atoms with E-state index in [4.69, 9.17) is 4.74 Å². The van der Waals surface area contributed by atoms with Crippen molar-refractivity contribution in [1.82, 2.24) is 15.1 Å². The van der Waals surface area contributed by atoms with E-state index in [1.54, 1.807) is 0 Å². The van der Waals surface area contributed by atoms with Crippen LogP contribution in [0, 0.1) is 0 Å². The van der Waals surface area contributed by atoms with Crippen LogP contribution in [0.4, 0.5) is 5.13 Å². The quantitative estimate of drug-likeness (QED) is 0.900. The number of hydrogen-bond donors (Lipinski definition) is 1. The summed E-state index contributed by atoms with van der Waals surface area (Å²) >= 11 is 1.32. The monoisotopic (exact) mass is 298 g/mol. The van der Waals surface area contributed by atoms with Gasteiger partial charge in [-0.05, 0) is 19.8 Å². The molecule has 1 aromatic heterocycles. The van der Waals surface area contributed by atoms with Gasteiger partial charge in [-0.25, -0.2) is 0 Å². The fourth-order valence-corrected chi connectivity index (χ4v) is 2.89. The molecular weight excluding hydrogens is 276 g/mol. The van der Waals surface area contributed by atoms with Gasteiger partial charge in [0.1, 0.15) is 0 Å². The van der Waals surface area contributed by atoms with Gasteiger partial charge in [0.05, 0.1) is 18.8 Å². The van der Waals surface area contributed by atoms with E-state index in [1.807, 2.05) is 11.8 Å². The highest BCUT2D eigenvalue weighted by Gasteiger charge is 2.31. The summed E-state index contributed by atoms with van der Waals surface area (Å²) in [5.41, 5.74) is 0. The summed E-state index contributed by atoms with van der Waals surface area (Å²) in [5.74, 6) is -0.0333. The van der Waals surface area contributed by atoms with Gasteiger partial charge in [0.25, 0.3) is 5.91 Å². The minimum Gasteiger partial charge on any atom is -0.375 e. The Hall–Kier alpha value is -1.21. The molecule has 2 atom stereocenters. The molecule has 1 amide bonds. The number of aromatic nitrogens is 2. The molecule has 0 aliphatic carbocycles. The Bertz CT molecular complexity index is 451. The fraction of sp³-hybridized carbons (Fsp3) is 0.769. The van der Waals surface area contributed by atoms with E-state index in [2.05, 4.69) is 29.4 Å². The molecule has 6 nitrogen and oxygen atoms in total. The Labute approximate surface area is 123 Å². The van der Waals surface area contributed by atoms with Gasteiger partial charge in [0, 0.05) is 13.1 Å². The molecule has 1 fully saturated rings. The predicted octanol–water partition coefficient (Wildman–Crippen LogP) is 2.00. The normalized spacial score (nSPS) is 22.9. The first-order chi connectivity index (χ1) is 9.65. The summed E-state index contributed by atoms with van der Waals surface area (Å²) in [6, 6.07) is 0.134. The second-order valence-corrected chi connectivity index (χ2v) is 5.98. The Balaban J connectivity index is 2.06. The summed E-state index contributed by atoms with van der Waals surface area (Å²) in [5, 5.41) is 12.4. The van der Waals surface area contributed by atoms with Crippen LogP contribution >= 0.6 is 11.3 Å². The van der Waals surface area contributed by atoms with Crippen LogP contribution in [0.1, 0.15) is 43.4 Å². The van der Waals surface area contributed by atoms with Crippen LogP contribution in [-0.4, -0.2) is 52.8 Å². The van der Waals surface area contributed by atoms with Crippen molar-refractivity contribution in [3.8, 4) is 0 Å². The minimum atomic E-state index is -0.0333. The molecule has 0 aromatic carbocycles. The van der Waals surface area contributed by atoms with Crippen LogP contribution < -0.4 is 5.32 Å². The van der Waals surface area contributed by atoms with Crippen LogP contribution in [0.5, 0.6) is 0 Å². The third kappa shape index (κ3) is 3.46. The lowest BCUT2D eigenvalue weighted by atomic mass is 10.1. The third-order valence-electron chi connectivity index (χ3n) is 3.33. The van der Waals surface area contributed by atoms with Crippen molar-refractivity contribution in [1.29, 1.82) is 0 Å². The zero-order valence-electron chi connectivity index (χ0n) is 12.3. The van der Waals surface area contributed by atoms with E-state index in [0.717, 1.165) is 19.4 Å². The molecule has 1 aliphatic rings. The Kier molecular flexibility index (Phi) is 5.31. The molecule has 20 heavy (non-hydrogen) atoms. The van der Waals surface area contributed by atoms with Gasteiger partial charge in [-0.2, -0.15) is 0 Å². The smallest absolute Gasteiger partial charge is 0.285 e. The van der Waals surface area contributed by atoms with Crippen molar-refractivity contribution >= 4 is 22.4 Å². The average Bonchev–Trinajstić information content (AvgIpc) is 2.93. The van der Waals surface area contributed by atoms with Gasteiger partial charge >= 0.3 is 0 Å². The molecular formula is C13H22N4O2S. The van der Waals surface area contributed by atoms with E-state index >= 15 is 0 Å². The average molecular weight is 298 g/mol. The number of morpholine rings is 1. The first kappa shape index (κ1) is 15.2. The SMILES string of the molecule is CCCNc1nnc(C(=O)N2CC(C)OCC2CC)s1. The summed E-state index contributed by atoms with van der Waals surface area (Å²) < 4.78 is 5.62. The van der Waals surface area contributed by atoms with E-state index in [-0.39, 0.29) is 18.1 Å². The summed E-state index contributed by atoms with van der Waals surface area (Å²) in [7, 11) is 0. The summed E-state index contributed by atoms with van der Waals surface area (Å²) in [6.45, 7) is 8.20. The Morgan fingerprint density at radius 2 is 2.30 bits per heavy atom.